The Morgan fingerprint density at radius 3 is 1.68 bits per heavy atom. The lowest BCUT2D eigenvalue weighted by atomic mass is 9.96. The summed E-state index contributed by atoms with van der Waals surface area (Å²) in [5, 5.41) is 3.95. The van der Waals surface area contributed by atoms with E-state index in [1.165, 1.54) is 0 Å². The maximum Gasteiger partial charge on any atom is 0.167 e. The molecule has 47 heavy (non-hydrogen) atoms. The first-order chi connectivity index (χ1) is 25.3. The predicted molar refractivity (Wildman–Crippen MR) is 192 cm³/mol. The summed E-state index contributed by atoms with van der Waals surface area (Å²) >= 11 is 0. The topological polar surface area (TPSA) is 51.8 Å². The van der Waals surface area contributed by atoms with Gasteiger partial charge in [-0.25, -0.2) is 15.0 Å². The highest BCUT2D eigenvalue weighted by Gasteiger charge is 2.19. The van der Waals surface area contributed by atoms with Gasteiger partial charge in [0.1, 0.15) is 11.2 Å². The third-order valence-corrected chi connectivity index (χ3v) is 8.37. The third kappa shape index (κ3) is 4.93. The summed E-state index contributed by atoms with van der Waals surface area (Å²) in [6, 6.07) is 41.9. The number of nitrogens with zero attached hydrogens (tertiary/aromatic N) is 3. The summed E-state index contributed by atoms with van der Waals surface area (Å²) in [7, 11) is 0. The Morgan fingerprint density at radius 2 is 1.00 bits per heavy atom. The minimum absolute atomic E-state index is 0.0396. The van der Waals surface area contributed by atoms with Crippen molar-refractivity contribution >= 4 is 32.7 Å². The Hall–Kier alpha value is -6.39. The maximum absolute atomic E-state index is 8.80. The maximum atomic E-state index is 8.80. The molecular weight excluding hydrogens is 574 g/mol. The Morgan fingerprint density at radius 1 is 0.426 bits per heavy atom. The van der Waals surface area contributed by atoms with Crippen LogP contribution in [0.3, 0.4) is 0 Å². The lowest BCUT2D eigenvalue weighted by molar-refractivity contribution is 0.670. The van der Waals surface area contributed by atoms with Crippen molar-refractivity contribution in [1.29, 1.82) is 0 Å². The average Bonchev–Trinajstić information content (AvgIpc) is 3.56. The number of fused-ring (bicyclic) bond motifs is 4. The minimum atomic E-state index is -0.490. The van der Waals surface area contributed by atoms with Gasteiger partial charge in [-0.1, -0.05) is 127 Å². The van der Waals surface area contributed by atoms with E-state index in [1.807, 2.05) is 115 Å². The molecule has 220 valence electrons. The number of para-hydroxylation sites is 1. The number of aromatic nitrogens is 3. The molecule has 0 unspecified atom stereocenters. The Balaban J connectivity index is 1.34. The zero-order chi connectivity index (χ0) is 35.5. The molecule has 0 N–H and O–H groups in total. The van der Waals surface area contributed by atoms with Gasteiger partial charge in [0.2, 0.25) is 0 Å². The molecule has 0 amide bonds. The van der Waals surface area contributed by atoms with Crippen molar-refractivity contribution in [2.24, 2.45) is 0 Å². The first kappa shape index (κ1) is 22.2. The van der Waals surface area contributed by atoms with E-state index >= 15 is 0 Å². The molecule has 0 aliphatic heterocycles. The molecule has 0 bridgehead atoms. The van der Waals surface area contributed by atoms with Crippen molar-refractivity contribution in [3.63, 3.8) is 0 Å². The molecule has 0 spiro atoms. The summed E-state index contributed by atoms with van der Waals surface area (Å²) in [6.07, 6.45) is 0. The lowest BCUT2D eigenvalue weighted by Crippen LogP contribution is -2.00. The van der Waals surface area contributed by atoms with Crippen molar-refractivity contribution in [2.75, 3.05) is 0 Å². The molecule has 2 aromatic heterocycles. The highest BCUT2D eigenvalue weighted by molar-refractivity contribution is 6.12. The Kier molecular flexibility index (Phi) is 5.28. The fourth-order valence-corrected chi connectivity index (χ4v) is 6.11. The monoisotopic (exact) mass is 606 g/mol. The van der Waals surface area contributed by atoms with Crippen LogP contribution >= 0.6 is 0 Å². The molecule has 2 heterocycles. The Labute approximate surface area is 278 Å². The number of hydrogen-bond donors (Lipinski definition) is 0. The van der Waals surface area contributed by atoms with Crippen molar-refractivity contribution in [3.05, 3.63) is 164 Å². The van der Waals surface area contributed by atoms with E-state index in [4.69, 9.17) is 26.2 Å². The van der Waals surface area contributed by atoms with Gasteiger partial charge in [-0.2, -0.15) is 0 Å². The van der Waals surface area contributed by atoms with Gasteiger partial charge < -0.3 is 4.42 Å². The van der Waals surface area contributed by atoms with Crippen LogP contribution in [-0.4, -0.2) is 15.0 Å². The van der Waals surface area contributed by atoms with Crippen LogP contribution < -0.4 is 0 Å². The first-order valence-corrected chi connectivity index (χ1v) is 15.3. The zero-order valence-electron chi connectivity index (χ0n) is 30.0. The quantitative estimate of drug-likeness (QED) is 0.196. The molecule has 4 nitrogen and oxygen atoms in total. The van der Waals surface area contributed by atoms with E-state index in [0.29, 0.717) is 22.3 Å². The van der Waals surface area contributed by atoms with E-state index in [1.54, 1.807) is 0 Å². The summed E-state index contributed by atoms with van der Waals surface area (Å²) in [5.41, 5.74) is 6.30. The van der Waals surface area contributed by atoms with Gasteiger partial charge in [0.15, 0.2) is 17.5 Å². The van der Waals surface area contributed by atoms with Crippen LogP contribution in [0.4, 0.5) is 0 Å². The van der Waals surface area contributed by atoms with Crippen LogP contribution in [-0.2, 0) is 0 Å². The number of benzene rings is 7. The van der Waals surface area contributed by atoms with Gasteiger partial charge in [0.25, 0.3) is 0 Å². The zero-order valence-corrected chi connectivity index (χ0v) is 25.0. The fraction of sp³-hybridized carbons (Fsp3) is 0. The molecule has 0 radical (unpaired) electrons. The largest absolute Gasteiger partial charge is 0.455 e. The minimum Gasteiger partial charge on any atom is -0.455 e. The molecule has 0 fully saturated rings. The summed E-state index contributed by atoms with van der Waals surface area (Å²) in [5.74, 6) is 0.482. The van der Waals surface area contributed by atoms with Crippen LogP contribution in [0.25, 0.3) is 89.1 Å². The summed E-state index contributed by atoms with van der Waals surface area (Å²) in [6.45, 7) is 0. The number of hydrogen-bond acceptors (Lipinski definition) is 4. The molecule has 0 aliphatic carbocycles. The van der Waals surface area contributed by atoms with Gasteiger partial charge in [0, 0.05) is 21.9 Å². The molecule has 9 aromatic rings. The predicted octanol–water partition coefficient (Wildman–Crippen LogP) is 11.3. The smallest absolute Gasteiger partial charge is 0.167 e. The van der Waals surface area contributed by atoms with Crippen molar-refractivity contribution in [3.8, 4) is 56.4 Å². The van der Waals surface area contributed by atoms with Crippen LogP contribution in [0.2, 0.25) is 0 Å². The second kappa shape index (κ2) is 11.2. The number of rotatable bonds is 5. The van der Waals surface area contributed by atoms with Crippen molar-refractivity contribution in [1.82, 2.24) is 15.0 Å². The van der Waals surface area contributed by atoms with E-state index in [9.17, 15) is 0 Å². The molecule has 7 aromatic carbocycles. The average molecular weight is 607 g/mol. The molecule has 0 saturated heterocycles. The normalized spacial score (nSPS) is 12.9. The van der Waals surface area contributed by atoms with Crippen LogP contribution in [0.5, 0.6) is 0 Å². The fourth-order valence-electron chi connectivity index (χ4n) is 6.11. The third-order valence-electron chi connectivity index (χ3n) is 8.37. The molecule has 9 rings (SSSR count). The van der Waals surface area contributed by atoms with Gasteiger partial charge in [-0.15, -0.1) is 0 Å². The molecule has 0 atom stereocenters. The highest BCUT2D eigenvalue weighted by Crippen LogP contribution is 2.38. The number of furan rings is 1. The summed E-state index contributed by atoms with van der Waals surface area (Å²) < 4.78 is 49.1. The molecule has 4 heteroatoms. The van der Waals surface area contributed by atoms with Crippen molar-refractivity contribution in [2.45, 2.75) is 0 Å². The lowest BCUT2D eigenvalue weighted by Gasteiger charge is -2.12. The first-order valence-electron chi connectivity index (χ1n) is 17.8. The van der Waals surface area contributed by atoms with Gasteiger partial charge in [0.05, 0.1) is 12.4 Å². The standard InChI is InChI=1S/C43H27N3O/c1-4-13-28(14-5-1)33-23-34(29-15-6-2-7-16-29)25-35(24-33)42-44-41(30-17-8-3-9-18-30)45-43(46-42)37-22-12-21-36-38-26-31-19-10-11-20-32(31)27-39(38)47-40(36)37/h1-27H/i3D,8D,9D,17D,18D. The van der Waals surface area contributed by atoms with Gasteiger partial charge >= 0.3 is 0 Å². The van der Waals surface area contributed by atoms with Crippen molar-refractivity contribution < 1.29 is 11.3 Å². The highest BCUT2D eigenvalue weighted by atomic mass is 16.3. The molecule has 0 aliphatic rings. The molecule has 0 saturated carbocycles. The van der Waals surface area contributed by atoms with E-state index < -0.39 is 30.2 Å². The van der Waals surface area contributed by atoms with Gasteiger partial charge in [-0.3, -0.25) is 0 Å². The van der Waals surface area contributed by atoms with E-state index in [-0.39, 0.29) is 23.0 Å². The second-order valence-electron chi connectivity index (χ2n) is 11.3. The van der Waals surface area contributed by atoms with Crippen LogP contribution in [0, 0.1) is 0 Å². The summed E-state index contributed by atoms with van der Waals surface area (Å²) in [4.78, 5) is 14.7. The van der Waals surface area contributed by atoms with E-state index in [0.717, 1.165) is 43.8 Å². The Bertz CT molecular complexity index is 2770. The molecular formula is C43H27N3O. The second-order valence-corrected chi connectivity index (χ2v) is 11.3. The van der Waals surface area contributed by atoms with Gasteiger partial charge in [-0.05, 0) is 69.4 Å². The van der Waals surface area contributed by atoms with E-state index in [2.05, 4.69) is 18.2 Å². The van der Waals surface area contributed by atoms with Crippen LogP contribution in [0.1, 0.15) is 6.85 Å². The van der Waals surface area contributed by atoms with Crippen LogP contribution in [0.15, 0.2) is 168 Å². The SMILES string of the molecule is [2H]c1c([2H])c([2H])c(-c2nc(-c3cc(-c4ccccc4)cc(-c4ccccc4)c3)nc(-c3cccc4c3oc3cc5ccccc5cc34)n2)c([2H])c1[2H].